The molecule has 0 aliphatic rings. The van der Waals surface area contributed by atoms with E-state index in [2.05, 4.69) is 17.2 Å². The Morgan fingerprint density at radius 2 is 1.70 bits per heavy atom. The Kier molecular flexibility index (Phi) is 4.69. The lowest BCUT2D eigenvalue weighted by Gasteiger charge is -2.20. The van der Waals surface area contributed by atoms with Crippen LogP contribution in [0.4, 0.5) is 4.39 Å². The van der Waals surface area contributed by atoms with Crippen LogP contribution < -0.4 is 10.1 Å². The molecule has 2 atom stereocenters. The van der Waals surface area contributed by atoms with Crippen molar-refractivity contribution in [3.8, 4) is 5.75 Å². The van der Waals surface area contributed by atoms with Crippen LogP contribution in [0.3, 0.4) is 0 Å². The van der Waals surface area contributed by atoms with Gasteiger partial charge < -0.3 is 10.1 Å². The Labute approximate surface area is 118 Å². The van der Waals surface area contributed by atoms with Gasteiger partial charge in [-0.25, -0.2) is 4.39 Å². The van der Waals surface area contributed by atoms with Crippen LogP contribution in [0.5, 0.6) is 5.75 Å². The summed E-state index contributed by atoms with van der Waals surface area (Å²) in [5.74, 6) is 0.525. The van der Waals surface area contributed by atoms with Gasteiger partial charge in [0.15, 0.2) is 0 Å². The van der Waals surface area contributed by atoms with Crippen molar-refractivity contribution < 1.29 is 9.13 Å². The first-order chi connectivity index (χ1) is 9.60. The molecule has 0 aliphatic carbocycles. The van der Waals surface area contributed by atoms with E-state index in [1.54, 1.807) is 13.3 Å². The predicted molar refractivity (Wildman–Crippen MR) is 77.2 cm³/mol. The summed E-state index contributed by atoms with van der Waals surface area (Å²) in [4.78, 5) is 3.88. The number of nitrogens with one attached hydrogen (secondary N) is 1. The number of rotatable bonds is 5. The van der Waals surface area contributed by atoms with Gasteiger partial charge in [0.25, 0.3) is 0 Å². The van der Waals surface area contributed by atoms with Gasteiger partial charge in [-0.3, -0.25) is 4.98 Å². The second kappa shape index (κ2) is 6.48. The zero-order chi connectivity index (χ0) is 14.5. The lowest BCUT2D eigenvalue weighted by molar-refractivity contribution is 0.414. The fourth-order valence-electron chi connectivity index (χ4n) is 2.13. The first kappa shape index (κ1) is 14.5. The number of pyridine rings is 1. The molecule has 2 rings (SSSR count). The zero-order valence-corrected chi connectivity index (χ0v) is 11.9. The van der Waals surface area contributed by atoms with Gasteiger partial charge in [-0.1, -0.05) is 12.1 Å². The van der Waals surface area contributed by atoms with Crippen LogP contribution in [0.15, 0.2) is 42.7 Å². The van der Waals surface area contributed by atoms with Crippen LogP contribution in [-0.4, -0.2) is 12.1 Å². The van der Waals surface area contributed by atoms with Gasteiger partial charge in [0.05, 0.1) is 13.3 Å². The summed E-state index contributed by atoms with van der Waals surface area (Å²) in [6.07, 6.45) is 2.89. The van der Waals surface area contributed by atoms with Crippen molar-refractivity contribution in [2.75, 3.05) is 7.11 Å². The van der Waals surface area contributed by atoms with E-state index in [1.807, 2.05) is 31.2 Å². The first-order valence-corrected chi connectivity index (χ1v) is 6.60. The highest BCUT2D eigenvalue weighted by Crippen LogP contribution is 2.21. The summed E-state index contributed by atoms with van der Waals surface area (Å²) in [6, 6.07) is 9.59. The quantitative estimate of drug-likeness (QED) is 0.903. The minimum atomic E-state index is -0.312. The standard InChI is InChI=1S/C16H19FN2O/c1-11(13-4-6-16(20-3)7-5-13)19-12(2)14-8-15(17)10-18-9-14/h4-12,19H,1-3H3/t11-,12?/m0/s1. The van der Waals surface area contributed by atoms with Gasteiger partial charge >= 0.3 is 0 Å². The van der Waals surface area contributed by atoms with Gasteiger partial charge in [0.1, 0.15) is 11.6 Å². The fourth-order valence-corrected chi connectivity index (χ4v) is 2.13. The molecular formula is C16H19FN2O. The zero-order valence-electron chi connectivity index (χ0n) is 11.9. The van der Waals surface area contributed by atoms with Crippen LogP contribution in [0.1, 0.15) is 37.1 Å². The molecule has 1 aromatic carbocycles. The van der Waals surface area contributed by atoms with E-state index < -0.39 is 0 Å². The maximum Gasteiger partial charge on any atom is 0.141 e. The average Bonchev–Trinajstić information content (AvgIpc) is 2.47. The third-order valence-electron chi connectivity index (χ3n) is 3.34. The number of ether oxygens (including phenoxy) is 1. The molecule has 0 aliphatic heterocycles. The molecule has 0 radical (unpaired) electrons. The molecule has 3 nitrogen and oxygen atoms in total. The minimum Gasteiger partial charge on any atom is -0.497 e. The van der Waals surface area contributed by atoms with Crippen molar-refractivity contribution >= 4 is 0 Å². The number of hydrogen-bond donors (Lipinski definition) is 1. The highest BCUT2D eigenvalue weighted by atomic mass is 19.1. The van der Waals surface area contributed by atoms with Gasteiger partial charge in [0.2, 0.25) is 0 Å². The van der Waals surface area contributed by atoms with E-state index in [4.69, 9.17) is 4.74 Å². The second-order valence-corrected chi connectivity index (χ2v) is 4.82. The minimum absolute atomic E-state index is 0.0234. The van der Waals surface area contributed by atoms with Gasteiger partial charge in [-0.15, -0.1) is 0 Å². The van der Waals surface area contributed by atoms with Gasteiger partial charge in [-0.05, 0) is 43.2 Å². The number of methoxy groups -OCH3 is 1. The molecule has 0 saturated carbocycles. The average molecular weight is 274 g/mol. The van der Waals surface area contributed by atoms with Crippen molar-refractivity contribution in [3.05, 3.63) is 59.7 Å². The third kappa shape index (κ3) is 3.54. The van der Waals surface area contributed by atoms with Crippen LogP contribution in [0, 0.1) is 5.82 Å². The van der Waals surface area contributed by atoms with E-state index >= 15 is 0 Å². The number of benzene rings is 1. The highest BCUT2D eigenvalue weighted by molar-refractivity contribution is 5.29. The van der Waals surface area contributed by atoms with Crippen molar-refractivity contribution in [2.24, 2.45) is 0 Å². The number of hydrogen-bond acceptors (Lipinski definition) is 3. The largest absolute Gasteiger partial charge is 0.497 e. The molecule has 1 N–H and O–H groups in total. The molecule has 0 saturated heterocycles. The summed E-state index contributed by atoms with van der Waals surface area (Å²) < 4.78 is 18.3. The van der Waals surface area contributed by atoms with Gasteiger partial charge in [0, 0.05) is 18.3 Å². The monoisotopic (exact) mass is 274 g/mol. The Balaban J connectivity index is 2.04. The lowest BCUT2D eigenvalue weighted by Crippen LogP contribution is -2.22. The molecule has 0 amide bonds. The van der Waals surface area contributed by atoms with Crippen LogP contribution in [-0.2, 0) is 0 Å². The smallest absolute Gasteiger partial charge is 0.141 e. The third-order valence-corrected chi connectivity index (χ3v) is 3.34. The molecule has 106 valence electrons. The van der Waals surface area contributed by atoms with E-state index in [1.165, 1.54) is 12.3 Å². The molecule has 1 aromatic heterocycles. The molecule has 1 heterocycles. The van der Waals surface area contributed by atoms with E-state index in [9.17, 15) is 4.39 Å². The molecule has 2 aromatic rings. The summed E-state index contributed by atoms with van der Waals surface area (Å²) in [5, 5.41) is 3.43. The van der Waals surface area contributed by atoms with Crippen molar-refractivity contribution in [1.29, 1.82) is 0 Å². The molecular weight excluding hydrogens is 255 g/mol. The SMILES string of the molecule is COc1ccc([C@H](C)NC(C)c2cncc(F)c2)cc1. The topological polar surface area (TPSA) is 34.1 Å². The molecule has 0 fully saturated rings. The summed E-state index contributed by atoms with van der Waals surface area (Å²) in [5.41, 5.74) is 1.99. The Morgan fingerprint density at radius 3 is 2.30 bits per heavy atom. The van der Waals surface area contributed by atoms with Crippen molar-refractivity contribution in [1.82, 2.24) is 10.3 Å². The van der Waals surface area contributed by atoms with E-state index in [-0.39, 0.29) is 17.9 Å². The molecule has 0 spiro atoms. The Bertz CT molecular complexity index is 557. The van der Waals surface area contributed by atoms with E-state index in [0.717, 1.165) is 16.9 Å². The van der Waals surface area contributed by atoms with Crippen LogP contribution >= 0.6 is 0 Å². The van der Waals surface area contributed by atoms with Crippen LogP contribution in [0.25, 0.3) is 0 Å². The van der Waals surface area contributed by atoms with Crippen molar-refractivity contribution in [3.63, 3.8) is 0 Å². The summed E-state index contributed by atoms with van der Waals surface area (Å²) in [7, 11) is 1.65. The molecule has 0 bridgehead atoms. The maximum absolute atomic E-state index is 13.2. The normalized spacial score (nSPS) is 13.8. The Morgan fingerprint density at radius 1 is 1.05 bits per heavy atom. The second-order valence-electron chi connectivity index (χ2n) is 4.82. The Hall–Kier alpha value is -1.94. The number of nitrogens with zero attached hydrogens (tertiary/aromatic N) is 1. The first-order valence-electron chi connectivity index (χ1n) is 6.60. The number of aromatic nitrogens is 1. The number of halogens is 1. The molecule has 1 unspecified atom stereocenters. The summed E-state index contributed by atoms with van der Waals surface area (Å²) in [6.45, 7) is 4.07. The van der Waals surface area contributed by atoms with E-state index in [0.29, 0.717) is 0 Å². The highest BCUT2D eigenvalue weighted by Gasteiger charge is 2.12. The maximum atomic E-state index is 13.2. The predicted octanol–water partition coefficient (Wildman–Crippen LogP) is 3.64. The molecule has 20 heavy (non-hydrogen) atoms. The summed E-state index contributed by atoms with van der Waals surface area (Å²) >= 11 is 0. The lowest BCUT2D eigenvalue weighted by atomic mass is 10.1. The van der Waals surface area contributed by atoms with Gasteiger partial charge in [-0.2, -0.15) is 0 Å². The van der Waals surface area contributed by atoms with Crippen LogP contribution in [0.2, 0.25) is 0 Å². The molecule has 4 heteroatoms. The fraction of sp³-hybridized carbons (Fsp3) is 0.312. The van der Waals surface area contributed by atoms with Crippen molar-refractivity contribution in [2.45, 2.75) is 25.9 Å².